The van der Waals surface area contributed by atoms with Crippen LogP contribution in [0.5, 0.6) is 0 Å². The summed E-state index contributed by atoms with van der Waals surface area (Å²) in [4.78, 5) is 1.16. The van der Waals surface area contributed by atoms with Crippen LogP contribution in [0.3, 0.4) is 0 Å². The van der Waals surface area contributed by atoms with Crippen molar-refractivity contribution in [2.75, 3.05) is 5.75 Å². The first-order chi connectivity index (χ1) is 9.04. The minimum atomic E-state index is -0.428. The quantitative estimate of drug-likeness (QED) is 0.802. The molecule has 0 saturated heterocycles. The molecule has 3 heteroatoms. The molecule has 0 aliphatic carbocycles. The molecule has 0 radical (unpaired) electrons. The van der Waals surface area contributed by atoms with Gasteiger partial charge in [0, 0.05) is 15.1 Å². The number of hydrogen-bond acceptors (Lipinski definition) is 2. The Morgan fingerprint density at radius 2 is 1.79 bits per heavy atom. The Morgan fingerprint density at radius 3 is 2.42 bits per heavy atom. The van der Waals surface area contributed by atoms with Gasteiger partial charge in [-0.15, -0.1) is 11.8 Å². The average molecular weight is 337 g/mol. The summed E-state index contributed by atoms with van der Waals surface area (Å²) in [6.45, 7) is 4.12. The summed E-state index contributed by atoms with van der Waals surface area (Å²) < 4.78 is 1.07. The summed E-state index contributed by atoms with van der Waals surface area (Å²) >= 11 is 5.13. The molecule has 2 aromatic carbocycles. The van der Waals surface area contributed by atoms with E-state index in [4.69, 9.17) is 0 Å². The zero-order valence-corrected chi connectivity index (χ0v) is 13.5. The standard InChI is InChI=1S/C16H17BrOS/c1-11-6-12(2)8-13(7-11)16(18)10-19-15-5-3-4-14(17)9-15/h3-9,16,18H,10H2,1-2H3. The van der Waals surface area contributed by atoms with Crippen molar-refractivity contribution in [3.05, 3.63) is 63.6 Å². The van der Waals surface area contributed by atoms with Crippen molar-refractivity contribution in [1.29, 1.82) is 0 Å². The first-order valence-electron chi connectivity index (χ1n) is 6.19. The maximum Gasteiger partial charge on any atom is 0.0884 e. The molecule has 1 atom stereocenters. The molecule has 0 aliphatic rings. The second-order valence-corrected chi connectivity index (χ2v) is 6.71. The number of aryl methyl sites for hydroxylation is 2. The third-order valence-corrected chi connectivity index (χ3v) is 4.40. The minimum Gasteiger partial charge on any atom is -0.388 e. The fourth-order valence-electron chi connectivity index (χ4n) is 2.03. The van der Waals surface area contributed by atoms with Crippen LogP contribution in [0.25, 0.3) is 0 Å². The maximum atomic E-state index is 10.3. The summed E-state index contributed by atoms with van der Waals surface area (Å²) in [6, 6.07) is 14.4. The molecule has 0 fully saturated rings. The fourth-order valence-corrected chi connectivity index (χ4v) is 3.51. The Labute approximate surface area is 127 Å². The second-order valence-electron chi connectivity index (χ2n) is 4.71. The molecule has 2 rings (SSSR count). The van der Waals surface area contributed by atoms with Gasteiger partial charge in [0.15, 0.2) is 0 Å². The molecule has 0 bridgehead atoms. The van der Waals surface area contributed by atoms with Gasteiger partial charge >= 0.3 is 0 Å². The lowest BCUT2D eigenvalue weighted by atomic mass is 10.0. The Morgan fingerprint density at radius 1 is 1.11 bits per heavy atom. The molecule has 1 nitrogen and oxygen atoms in total. The van der Waals surface area contributed by atoms with E-state index in [1.807, 2.05) is 12.1 Å². The number of benzene rings is 2. The molecule has 19 heavy (non-hydrogen) atoms. The van der Waals surface area contributed by atoms with Crippen LogP contribution >= 0.6 is 27.7 Å². The predicted octanol–water partition coefficient (Wildman–Crippen LogP) is 4.89. The van der Waals surface area contributed by atoms with Gasteiger partial charge in [-0.25, -0.2) is 0 Å². The van der Waals surface area contributed by atoms with Crippen LogP contribution in [0.2, 0.25) is 0 Å². The monoisotopic (exact) mass is 336 g/mol. The zero-order chi connectivity index (χ0) is 13.8. The van der Waals surface area contributed by atoms with Crippen molar-refractivity contribution < 1.29 is 5.11 Å². The number of thioether (sulfide) groups is 1. The van der Waals surface area contributed by atoms with E-state index in [2.05, 4.69) is 60.1 Å². The van der Waals surface area contributed by atoms with Gasteiger partial charge in [-0.3, -0.25) is 0 Å². The molecular weight excluding hydrogens is 320 g/mol. The van der Waals surface area contributed by atoms with E-state index in [9.17, 15) is 5.11 Å². The molecule has 100 valence electrons. The molecule has 0 amide bonds. The lowest BCUT2D eigenvalue weighted by Gasteiger charge is -2.12. The van der Waals surface area contributed by atoms with E-state index in [0.717, 1.165) is 14.9 Å². The number of aliphatic hydroxyl groups excluding tert-OH is 1. The average Bonchev–Trinajstić information content (AvgIpc) is 2.35. The lowest BCUT2D eigenvalue weighted by molar-refractivity contribution is 0.204. The van der Waals surface area contributed by atoms with Gasteiger partial charge in [0.2, 0.25) is 0 Å². The molecule has 1 N–H and O–H groups in total. The van der Waals surface area contributed by atoms with Crippen LogP contribution in [-0.2, 0) is 0 Å². The third-order valence-electron chi connectivity index (χ3n) is 2.83. The first-order valence-corrected chi connectivity index (χ1v) is 7.97. The van der Waals surface area contributed by atoms with E-state index in [0.29, 0.717) is 5.75 Å². The van der Waals surface area contributed by atoms with Crippen LogP contribution in [0, 0.1) is 13.8 Å². The highest BCUT2D eigenvalue weighted by Crippen LogP contribution is 2.27. The molecular formula is C16H17BrOS. The van der Waals surface area contributed by atoms with Crippen molar-refractivity contribution >= 4 is 27.7 Å². The number of rotatable bonds is 4. The summed E-state index contributed by atoms with van der Waals surface area (Å²) in [5, 5.41) is 10.3. The fraction of sp³-hybridized carbons (Fsp3) is 0.250. The van der Waals surface area contributed by atoms with E-state index in [1.165, 1.54) is 11.1 Å². The van der Waals surface area contributed by atoms with E-state index >= 15 is 0 Å². The number of halogens is 1. The molecule has 1 unspecified atom stereocenters. The Bertz CT molecular complexity index is 548. The molecule has 0 aliphatic heterocycles. The van der Waals surface area contributed by atoms with Crippen molar-refractivity contribution in [2.45, 2.75) is 24.8 Å². The van der Waals surface area contributed by atoms with Crippen LogP contribution in [0.4, 0.5) is 0 Å². The second kappa shape index (κ2) is 6.60. The van der Waals surface area contributed by atoms with Gasteiger partial charge in [-0.1, -0.05) is 51.3 Å². The van der Waals surface area contributed by atoms with Gasteiger partial charge in [0.1, 0.15) is 0 Å². The summed E-state index contributed by atoms with van der Waals surface area (Å²) in [7, 11) is 0. The first kappa shape index (κ1) is 14.6. The van der Waals surface area contributed by atoms with E-state index in [1.54, 1.807) is 11.8 Å². The number of aliphatic hydroxyl groups is 1. The van der Waals surface area contributed by atoms with Gasteiger partial charge in [-0.05, 0) is 37.6 Å². The number of hydrogen-bond donors (Lipinski definition) is 1. The predicted molar refractivity (Wildman–Crippen MR) is 85.7 cm³/mol. The van der Waals surface area contributed by atoms with E-state index < -0.39 is 6.10 Å². The molecule has 0 spiro atoms. The van der Waals surface area contributed by atoms with Crippen LogP contribution < -0.4 is 0 Å². The summed E-state index contributed by atoms with van der Waals surface area (Å²) in [5.74, 6) is 0.666. The van der Waals surface area contributed by atoms with Crippen LogP contribution in [-0.4, -0.2) is 10.9 Å². The van der Waals surface area contributed by atoms with Crippen molar-refractivity contribution in [3.63, 3.8) is 0 Å². The van der Waals surface area contributed by atoms with Gasteiger partial charge in [-0.2, -0.15) is 0 Å². The van der Waals surface area contributed by atoms with Crippen molar-refractivity contribution in [1.82, 2.24) is 0 Å². The largest absolute Gasteiger partial charge is 0.388 e. The highest BCUT2D eigenvalue weighted by Gasteiger charge is 2.09. The molecule has 2 aromatic rings. The molecule has 0 heterocycles. The van der Waals surface area contributed by atoms with Gasteiger partial charge < -0.3 is 5.11 Å². The maximum absolute atomic E-state index is 10.3. The minimum absolute atomic E-state index is 0.428. The summed E-state index contributed by atoms with van der Waals surface area (Å²) in [5.41, 5.74) is 3.39. The van der Waals surface area contributed by atoms with E-state index in [-0.39, 0.29) is 0 Å². The topological polar surface area (TPSA) is 20.2 Å². The Hall–Kier alpha value is -0.770. The van der Waals surface area contributed by atoms with Gasteiger partial charge in [0.05, 0.1) is 6.10 Å². The Balaban J connectivity index is 2.03. The lowest BCUT2D eigenvalue weighted by Crippen LogP contribution is -2.01. The SMILES string of the molecule is Cc1cc(C)cc(C(O)CSc2cccc(Br)c2)c1. The van der Waals surface area contributed by atoms with Crippen molar-refractivity contribution in [2.24, 2.45) is 0 Å². The summed E-state index contributed by atoms with van der Waals surface area (Å²) in [6.07, 6.45) is -0.428. The van der Waals surface area contributed by atoms with Crippen LogP contribution in [0.15, 0.2) is 51.8 Å². The zero-order valence-electron chi connectivity index (χ0n) is 11.1. The highest BCUT2D eigenvalue weighted by atomic mass is 79.9. The van der Waals surface area contributed by atoms with Gasteiger partial charge in [0.25, 0.3) is 0 Å². The van der Waals surface area contributed by atoms with Crippen molar-refractivity contribution in [3.8, 4) is 0 Å². The Kier molecular flexibility index (Phi) is 5.08. The normalized spacial score (nSPS) is 12.4. The third kappa shape index (κ3) is 4.37. The molecule has 0 aromatic heterocycles. The smallest absolute Gasteiger partial charge is 0.0884 e. The highest BCUT2D eigenvalue weighted by molar-refractivity contribution is 9.10. The van der Waals surface area contributed by atoms with Crippen LogP contribution in [0.1, 0.15) is 22.8 Å². The molecule has 0 saturated carbocycles.